The molecule has 1 fully saturated rings. The van der Waals surface area contributed by atoms with Crippen LogP contribution in [-0.4, -0.2) is 48.3 Å². The summed E-state index contributed by atoms with van der Waals surface area (Å²) in [6.45, 7) is 2.86. The zero-order chi connectivity index (χ0) is 15.7. The summed E-state index contributed by atoms with van der Waals surface area (Å²) >= 11 is 1.34. The van der Waals surface area contributed by atoms with Crippen molar-refractivity contribution in [1.82, 2.24) is 13.7 Å². The number of aryl methyl sites for hydroxylation is 1. The molecule has 1 aliphatic rings. The van der Waals surface area contributed by atoms with Crippen LogP contribution in [0, 0.1) is 6.92 Å². The van der Waals surface area contributed by atoms with Gasteiger partial charge in [0.05, 0.1) is 11.8 Å². The standard InChI is InChI=1S/C14H18N4O2S2/c1-11-15-14(21-16-11)17(2)13-8-18(9-13)22(19,20)10-12-6-4-3-5-7-12/h3-7,13H,8-10H2,1-2H3. The SMILES string of the molecule is Cc1nsc(N(C)C2CN(S(=O)(=O)Cc3ccccc3)C2)n1. The molecule has 0 atom stereocenters. The monoisotopic (exact) mass is 338 g/mol. The van der Waals surface area contributed by atoms with Crippen LogP contribution >= 0.6 is 11.5 Å². The molecule has 22 heavy (non-hydrogen) atoms. The van der Waals surface area contributed by atoms with Crippen LogP contribution in [0.4, 0.5) is 5.13 Å². The molecule has 2 heterocycles. The predicted molar refractivity (Wildman–Crippen MR) is 87.5 cm³/mol. The van der Waals surface area contributed by atoms with Crippen LogP contribution in [0.1, 0.15) is 11.4 Å². The van der Waals surface area contributed by atoms with Gasteiger partial charge in [0.2, 0.25) is 15.2 Å². The topological polar surface area (TPSA) is 66.4 Å². The third-order valence-electron chi connectivity index (χ3n) is 3.78. The Labute approximate surface area is 134 Å². The maximum absolute atomic E-state index is 12.4. The van der Waals surface area contributed by atoms with Crippen molar-refractivity contribution in [3.05, 3.63) is 41.7 Å². The highest BCUT2D eigenvalue weighted by Crippen LogP contribution is 2.25. The number of rotatable bonds is 5. The highest BCUT2D eigenvalue weighted by molar-refractivity contribution is 7.88. The van der Waals surface area contributed by atoms with Gasteiger partial charge in [0.1, 0.15) is 5.82 Å². The first-order valence-electron chi connectivity index (χ1n) is 7.00. The van der Waals surface area contributed by atoms with Crippen molar-refractivity contribution in [3.8, 4) is 0 Å². The lowest BCUT2D eigenvalue weighted by molar-refractivity contribution is 0.258. The molecule has 1 aromatic heterocycles. The third kappa shape index (κ3) is 3.13. The first-order valence-corrected chi connectivity index (χ1v) is 9.39. The van der Waals surface area contributed by atoms with Crippen molar-refractivity contribution in [3.63, 3.8) is 0 Å². The molecule has 0 aliphatic carbocycles. The normalized spacial score (nSPS) is 16.5. The van der Waals surface area contributed by atoms with E-state index in [4.69, 9.17) is 0 Å². The van der Waals surface area contributed by atoms with E-state index in [2.05, 4.69) is 9.36 Å². The van der Waals surface area contributed by atoms with E-state index >= 15 is 0 Å². The van der Waals surface area contributed by atoms with Crippen LogP contribution in [0.15, 0.2) is 30.3 Å². The van der Waals surface area contributed by atoms with Gasteiger partial charge in [0.25, 0.3) is 0 Å². The zero-order valence-electron chi connectivity index (χ0n) is 12.5. The Kier molecular flexibility index (Phi) is 4.16. The molecular weight excluding hydrogens is 320 g/mol. The minimum absolute atomic E-state index is 0.0577. The Morgan fingerprint density at radius 1 is 1.32 bits per heavy atom. The summed E-state index contributed by atoms with van der Waals surface area (Å²) < 4.78 is 30.4. The molecule has 1 saturated heterocycles. The van der Waals surface area contributed by atoms with E-state index in [1.165, 1.54) is 15.8 Å². The number of likely N-dealkylation sites (N-methyl/N-ethyl adjacent to an activating group) is 1. The average molecular weight is 338 g/mol. The summed E-state index contributed by atoms with van der Waals surface area (Å²) in [7, 11) is -1.31. The predicted octanol–water partition coefficient (Wildman–Crippen LogP) is 1.50. The second kappa shape index (κ2) is 5.94. The fourth-order valence-corrected chi connectivity index (χ4v) is 4.65. The van der Waals surface area contributed by atoms with Crippen molar-refractivity contribution in [2.24, 2.45) is 0 Å². The fraction of sp³-hybridized carbons (Fsp3) is 0.429. The average Bonchev–Trinajstić information content (AvgIpc) is 2.84. The van der Waals surface area contributed by atoms with Gasteiger partial charge < -0.3 is 4.90 Å². The van der Waals surface area contributed by atoms with Crippen molar-refractivity contribution < 1.29 is 8.42 Å². The molecule has 2 aromatic rings. The Morgan fingerprint density at radius 3 is 2.59 bits per heavy atom. The summed E-state index contributed by atoms with van der Waals surface area (Å²) in [5, 5.41) is 0.836. The molecule has 0 radical (unpaired) electrons. The fourth-order valence-electron chi connectivity index (χ4n) is 2.35. The first-order chi connectivity index (χ1) is 10.5. The number of hydrogen-bond donors (Lipinski definition) is 0. The molecule has 0 unspecified atom stereocenters. The first kappa shape index (κ1) is 15.4. The van der Waals surface area contributed by atoms with E-state index in [1.807, 2.05) is 49.2 Å². The van der Waals surface area contributed by atoms with Gasteiger partial charge in [0, 0.05) is 31.7 Å². The van der Waals surface area contributed by atoms with E-state index in [0.717, 1.165) is 16.5 Å². The second-order valence-corrected chi connectivity index (χ2v) is 8.15. The Bertz CT molecular complexity index is 739. The Morgan fingerprint density at radius 2 is 2.00 bits per heavy atom. The lowest BCUT2D eigenvalue weighted by atomic mass is 10.1. The number of sulfonamides is 1. The van der Waals surface area contributed by atoms with Gasteiger partial charge in [-0.15, -0.1) is 0 Å². The molecule has 0 N–H and O–H groups in total. The molecule has 3 rings (SSSR count). The van der Waals surface area contributed by atoms with Crippen LogP contribution < -0.4 is 4.90 Å². The summed E-state index contributed by atoms with van der Waals surface area (Å²) in [4.78, 5) is 6.35. The minimum atomic E-state index is -3.25. The van der Waals surface area contributed by atoms with Crippen molar-refractivity contribution in [1.29, 1.82) is 0 Å². The molecule has 0 bridgehead atoms. The largest absolute Gasteiger partial charge is 0.344 e. The van der Waals surface area contributed by atoms with Gasteiger partial charge in [-0.25, -0.2) is 13.4 Å². The molecule has 0 saturated carbocycles. The zero-order valence-corrected chi connectivity index (χ0v) is 14.1. The number of benzene rings is 1. The van der Waals surface area contributed by atoms with Crippen LogP contribution in [0.3, 0.4) is 0 Å². The van der Waals surface area contributed by atoms with E-state index < -0.39 is 10.0 Å². The molecule has 6 nitrogen and oxygen atoms in total. The summed E-state index contributed by atoms with van der Waals surface area (Å²) in [6, 6.07) is 9.44. The van der Waals surface area contributed by atoms with E-state index in [-0.39, 0.29) is 11.8 Å². The van der Waals surface area contributed by atoms with E-state index in [1.54, 1.807) is 0 Å². The number of nitrogens with zero attached hydrogens (tertiary/aromatic N) is 4. The van der Waals surface area contributed by atoms with Gasteiger partial charge in [0.15, 0.2) is 0 Å². The van der Waals surface area contributed by atoms with Gasteiger partial charge in [-0.1, -0.05) is 30.3 Å². The maximum Gasteiger partial charge on any atom is 0.218 e. The lowest BCUT2D eigenvalue weighted by Crippen LogP contribution is -2.60. The summed E-state index contributed by atoms with van der Waals surface area (Å²) in [5.41, 5.74) is 0.819. The summed E-state index contributed by atoms with van der Waals surface area (Å²) in [5.74, 6) is 0.807. The van der Waals surface area contributed by atoms with Crippen LogP contribution in [0.5, 0.6) is 0 Å². The van der Waals surface area contributed by atoms with E-state index in [9.17, 15) is 8.42 Å². The minimum Gasteiger partial charge on any atom is -0.344 e. The van der Waals surface area contributed by atoms with E-state index in [0.29, 0.717) is 13.1 Å². The third-order valence-corrected chi connectivity index (χ3v) is 6.46. The number of aromatic nitrogens is 2. The molecule has 0 amide bonds. The van der Waals surface area contributed by atoms with Gasteiger partial charge in [-0.2, -0.15) is 8.68 Å². The second-order valence-electron chi connectivity index (χ2n) is 5.45. The smallest absolute Gasteiger partial charge is 0.218 e. The molecule has 8 heteroatoms. The highest BCUT2D eigenvalue weighted by Gasteiger charge is 2.38. The Balaban J connectivity index is 1.60. The van der Waals surface area contributed by atoms with Gasteiger partial charge in [-0.05, 0) is 12.5 Å². The molecule has 118 valence electrons. The van der Waals surface area contributed by atoms with Crippen molar-refractivity contribution >= 4 is 26.7 Å². The Hall–Kier alpha value is -1.51. The molecule has 1 aromatic carbocycles. The highest BCUT2D eigenvalue weighted by atomic mass is 32.2. The lowest BCUT2D eigenvalue weighted by Gasteiger charge is -2.42. The summed E-state index contributed by atoms with van der Waals surface area (Å²) in [6.07, 6.45) is 0. The quantitative estimate of drug-likeness (QED) is 0.826. The van der Waals surface area contributed by atoms with Crippen LogP contribution in [0.25, 0.3) is 0 Å². The van der Waals surface area contributed by atoms with Crippen LogP contribution in [0.2, 0.25) is 0 Å². The molecule has 1 aliphatic heterocycles. The van der Waals surface area contributed by atoms with Gasteiger partial charge in [-0.3, -0.25) is 0 Å². The maximum atomic E-state index is 12.4. The van der Waals surface area contributed by atoms with Crippen LogP contribution in [-0.2, 0) is 15.8 Å². The van der Waals surface area contributed by atoms with Crippen molar-refractivity contribution in [2.75, 3.05) is 25.0 Å². The molecular formula is C14H18N4O2S2. The number of hydrogen-bond acceptors (Lipinski definition) is 6. The van der Waals surface area contributed by atoms with Gasteiger partial charge >= 0.3 is 0 Å². The molecule has 0 spiro atoms. The number of anilines is 1. The van der Waals surface area contributed by atoms with Crippen molar-refractivity contribution in [2.45, 2.75) is 18.7 Å².